The van der Waals surface area contributed by atoms with E-state index in [9.17, 15) is 4.79 Å². The van der Waals surface area contributed by atoms with Gasteiger partial charge in [0.1, 0.15) is 11.6 Å². The molecule has 1 aliphatic heterocycles. The zero-order valence-corrected chi connectivity index (χ0v) is 16.7. The van der Waals surface area contributed by atoms with Crippen molar-refractivity contribution in [3.63, 3.8) is 0 Å². The smallest absolute Gasteiger partial charge is 0.259 e. The maximum Gasteiger partial charge on any atom is 0.259 e. The van der Waals surface area contributed by atoms with Crippen LogP contribution in [0.2, 0.25) is 0 Å². The van der Waals surface area contributed by atoms with Crippen LogP contribution in [0, 0.1) is 0 Å². The van der Waals surface area contributed by atoms with Crippen molar-refractivity contribution in [2.24, 2.45) is 0 Å². The molecule has 30 heavy (non-hydrogen) atoms. The summed E-state index contributed by atoms with van der Waals surface area (Å²) in [6, 6.07) is 23.4. The Labute approximate surface area is 174 Å². The third-order valence-corrected chi connectivity index (χ3v) is 5.50. The zero-order chi connectivity index (χ0) is 20.5. The summed E-state index contributed by atoms with van der Waals surface area (Å²) in [5, 5.41) is 2.94. The van der Waals surface area contributed by atoms with E-state index in [2.05, 4.69) is 33.0 Å². The van der Waals surface area contributed by atoms with Gasteiger partial charge in [-0.3, -0.25) is 4.79 Å². The van der Waals surface area contributed by atoms with Crippen LogP contribution >= 0.6 is 0 Å². The lowest BCUT2D eigenvalue weighted by atomic mass is 10.1. The number of benzene rings is 3. The van der Waals surface area contributed by atoms with Gasteiger partial charge in [0.25, 0.3) is 5.91 Å². The Bertz CT molecular complexity index is 1210. The van der Waals surface area contributed by atoms with Gasteiger partial charge >= 0.3 is 0 Å². The molecule has 0 bridgehead atoms. The van der Waals surface area contributed by atoms with Crippen molar-refractivity contribution in [1.82, 2.24) is 9.55 Å². The fourth-order valence-electron chi connectivity index (χ4n) is 3.97. The van der Waals surface area contributed by atoms with Gasteiger partial charge in [0.15, 0.2) is 0 Å². The molecule has 0 atom stereocenters. The van der Waals surface area contributed by atoms with E-state index in [0.29, 0.717) is 11.3 Å². The van der Waals surface area contributed by atoms with Crippen molar-refractivity contribution in [3.8, 4) is 5.75 Å². The van der Waals surface area contributed by atoms with Crippen molar-refractivity contribution in [2.45, 2.75) is 13.1 Å². The Morgan fingerprint density at radius 2 is 1.73 bits per heavy atom. The number of hydrogen-bond acceptors (Lipinski definition) is 4. The van der Waals surface area contributed by atoms with Gasteiger partial charge in [0.2, 0.25) is 0 Å². The maximum atomic E-state index is 12.6. The first-order valence-corrected chi connectivity index (χ1v) is 9.96. The van der Waals surface area contributed by atoms with Gasteiger partial charge in [0, 0.05) is 24.5 Å². The Kier molecular flexibility index (Phi) is 4.59. The number of para-hydroxylation sites is 3. The molecule has 0 radical (unpaired) electrons. The third kappa shape index (κ3) is 3.26. The summed E-state index contributed by atoms with van der Waals surface area (Å²) in [4.78, 5) is 19.7. The molecule has 1 amide bonds. The van der Waals surface area contributed by atoms with Crippen molar-refractivity contribution in [3.05, 3.63) is 84.2 Å². The normalized spacial score (nSPS) is 13.2. The molecular weight excluding hydrogens is 376 g/mol. The molecule has 0 saturated carbocycles. The van der Waals surface area contributed by atoms with Gasteiger partial charge in [-0.15, -0.1) is 0 Å². The maximum absolute atomic E-state index is 12.6. The van der Waals surface area contributed by atoms with Crippen molar-refractivity contribution in [2.75, 3.05) is 23.9 Å². The van der Waals surface area contributed by atoms with E-state index in [1.165, 1.54) is 5.52 Å². The van der Waals surface area contributed by atoms with Crippen LogP contribution in [0.25, 0.3) is 11.0 Å². The summed E-state index contributed by atoms with van der Waals surface area (Å²) in [6.45, 7) is 2.59. The topological polar surface area (TPSA) is 59.4 Å². The molecule has 0 unspecified atom stereocenters. The number of ether oxygens (including phenoxy) is 1. The number of rotatable bonds is 4. The Hall–Kier alpha value is -3.80. The molecule has 3 aromatic carbocycles. The van der Waals surface area contributed by atoms with Crippen LogP contribution in [-0.2, 0) is 13.1 Å². The van der Waals surface area contributed by atoms with Crippen LogP contribution in [0.15, 0.2) is 72.8 Å². The number of imidazole rings is 1. The van der Waals surface area contributed by atoms with Crippen LogP contribution in [0.5, 0.6) is 5.75 Å². The minimum Gasteiger partial charge on any atom is -0.496 e. The first-order valence-electron chi connectivity index (χ1n) is 9.96. The van der Waals surface area contributed by atoms with Crippen LogP contribution in [0.4, 0.5) is 11.4 Å². The predicted molar refractivity (Wildman–Crippen MR) is 118 cm³/mol. The van der Waals surface area contributed by atoms with Gasteiger partial charge < -0.3 is 19.5 Å². The zero-order valence-electron chi connectivity index (χ0n) is 16.7. The molecule has 0 fully saturated rings. The summed E-state index contributed by atoms with van der Waals surface area (Å²) in [7, 11) is 1.56. The van der Waals surface area contributed by atoms with Gasteiger partial charge in [-0.2, -0.15) is 0 Å². The molecular formula is C24H22N4O2. The summed E-state index contributed by atoms with van der Waals surface area (Å²) >= 11 is 0. The van der Waals surface area contributed by atoms with Gasteiger partial charge in [-0.25, -0.2) is 4.98 Å². The van der Waals surface area contributed by atoms with Crippen molar-refractivity contribution in [1.29, 1.82) is 0 Å². The lowest BCUT2D eigenvalue weighted by molar-refractivity contribution is 0.102. The molecule has 6 nitrogen and oxygen atoms in total. The minimum absolute atomic E-state index is 0.188. The first kappa shape index (κ1) is 18.2. The summed E-state index contributed by atoms with van der Waals surface area (Å²) in [5.41, 5.74) is 4.62. The number of amides is 1. The number of hydrogen-bond donors (Lipinski definition) is 1. The second-order valence-electron chi connectivity index (χ2n) is 7.29. The van der Waals surface area contributed by atoms with Crippen molar-refractivity contribution >= 4 is 28.3 Å². The highest BCUT2D eigenvalue weighted by Crippen LogP contribution is 2.26. The average molecular weight is 398 g/mol. The lowest BCUT2D eigenvalue weighted by Crippen LogP contribution is -2.33. The number of aromatic nitrogens is 2. The Balaban J connectivity index is 1.31. The molecule has 0 aliphatic carbocycles. The monoisotopic (exact) mass is 398 g/mol. The van der Waals surface area contributed by atoms with Crippen LogP contribution in [0.1, 0.15) is 16.2 Å². The Morgan fingerprint density at radius 1 is 0.967 bits per heavy atom. The van der Waals surface area contributed by atoms with E-state index in [0.717, 1.165) is 42.4 Å². The lowest BCUT2D eigenvalue weighted by Gasteiger charge is -2.30. The van der Waals surface area contributed by atoms with Gasteiger partial charge in [0.05, 0.1) is 30.3 Å². The fraction of sp³-hybridized carbons (Fsp3) is 0.167. The SMILES string of the molecule is COc1ccccc1C(=O)Nc1ccc(N2CCn3c(nc4ccccc43)C2)cc1. The number of nitrogens with zero attached hydrogens (tertiary/aromatic N) is 3. The quantitative estimate of drug-likeness (QED) is 0.556. The van der Waals surface area contributed by atoms with E-state index in [4.69, 9.17) is 9.72 Å². The predicted octanol–water partition coefficient (Wildman–Crippen LogP) is 4.32. The molecule has 5 rings (SSSR count). The number of carbonyl (C=O) groups excluding carboxylic acids is 1. The Morgan fingerprint density at radius 3 is 2.57 bits per heavy atom. The molecule has 1 aromatic heterocycles. The molecule has 4 aromatic rings. The molecule has 2 heterocycles. The van der Waals surface area contributed by atoms with Crippen LogP contribution in [0.3, 0.4) is 0 Å². The average Bonchev–Trinajstić information content (AvgIpc) is 3.17. The highest BCUT2D eigenvalue weighted by atomic mass is 16.5. The highest BCUT2D eigenvalue weighted by molar-refractivity contribution is 6.06. The number of fused-ring (bicyclic) bond motifs is 3. The second-order valence-corrected chi connectivity index (χ2v) is 7.29. The number of methoxy groups -OCH3 is 1. The highest BCUT2D eigenvalue weighted by Gasteiger charge is 2.20. The number of carbonyl (C=O) groups is 1. The number of nitrogens with one attached hydrogen (secondary N) is 1. The van der Waals surface area contributed by atoms with E-state index in [1.807, 2.05) is 42.5 Å². The fourth-order valence-corrected chi connectivity index (χ4v) is 3.97. The van der Waals surface area contributed by atoms with Crippen LogP contribution in [-0.4, -0.2) is 29.1 Å². The molecule has 1 aliphatic rings. The summed E-state index contributed by atoms with van der Waals surface area (Å²) in [6.07, 6.45) is 0. The van der Waals surface area contributed by atoms with Gasteiger partial charge in [-0.05, 0) is 48.5 Å². The van der Waals surface area contributed by atoms with E-state index in [-0.39, 0.29) is 5.91 Å². The first-order chi connectivity index (χ1) is 14.7. The summed E-state index contributed by atoms with van der Waals surface area (Å²) in [5.74, 6) is 1.45. The molecule has 150 valence electrons. The van der Waals surface area contributed by atoms with E-state index < -0.39 is 0 Å². The largest absolute Gasteiger partial charge is 0.496 e. The standard InChI is InChI=1S/C24H22N4O2/c1-30-22-9-5-2-6-19(22)24(29)25-17-10-12-18(13-11-17)27-14-15-28-21-8-4-3-7-20(21)26-23(28)16-27/h2-13H,14-16H2,1H3,(H,25,29). The van der Waals surface area contributed by atoms with Crippen LogP contribution < -0.4 is 15.0 Å². The molecule has 1 N–H and O–H groups in total. The van der Waals surface area contributed by atoms with Gasteiger partial charge in [-0.1, -0.05) is 24.3 Å². The molecule has 0 saturated heterocycles. The minimum atomic E-state index is -0.188. The summed E-state index contributed by atoms with van der Waals surface area (Å²) < 4.78 is 7.58. The van der Waals surface area contributed by atoms with E-state index in [1.54, 1.807) is 19.2 Å². The second kappa shape index (κ2) is 7.55. The van der Waals surface area contributed by atoms with E-state index >= 15 is 0 Å². The van der Waals surface area contributed by atoms with Crippen molar-refractivity contribution < 1.29 is 9.53 Å². The number of anilines is 2. The third-order valence-electron chi connectivity index (χ3n) is 5.50. The molecule has 6 heteroatoms. The molecule has 0 spiro atoms.